The number of carbonyl (C=O) groups is 2. The Balaban J connectivity index is 1.41. The number of amides is 2. The largest absolute Gasteiger partial charge is 0.486 e. The van der Waals surface area contributed by atoms with Crippen molar-refractivity contribution in [1.29, 1.82) is 0 Å². The summed E-state index contributed by atoms with van der Waals surface area (Å²) < 4.78 is 11.1. The number of hydrogen-bond acceptors (Lipinski definition) is 5. The first-order valence-corrected chi connectivity index (χ1v) is 9.45. The van der Waals surface area contributed by atoms with Crippen LogP contribution in [0.5, 0.6) is 11.5 Å². The minimum absolute atomic E-state index is 0.0474. The van der Waals surface area contributed by atoms with Crippen LogP contribution in [0, 0.1) is 12.8 Å². The fourth-order valence-corrected chi connectivity index (χ4v) is 4.06. The first kappa shape index (κ1) is 16.9. The van der Waals surface area contributed by atoms with E-state index in [0.717, 1.165) is 10.6 Å². The third kappa shape index (κ3) is 3.39. The number of fused-ring (bicyclic) bond motifs is 1. The molecule has 1 fully saturated rings. The first-order chi connectivity index (χ1) is 12.6. The van der Waals surface area contributed by atoms with E-state index in [0.29, 0.717) is 37.8 Å². The fraction of sp³-hybridized carbons (Fsp3) is 0.368. The zero-order valence-corrected chi connectivity index (χ0v) is 15.3. The number of benzene rings is 1. The minimum atomic E-state index is -0.336. The molecule has 0 radical (unpaired) electrons. The van der Waals surface area contributed by atoms with Gasteiger partial charge in [-0.15, -0.1) is 11.3 Å². The maximum absolute atomic E-state index is 12.5. The number of anilines is 1. The second-order valence-corrected chi connectivity index (χ2v) is 7.84. The molecular formula is C19H20N2O4S. The number of carbonyl (C=O) groups excluding carboxylic acids is 2. The number of ether oxygens (including phenoxy) is 2. The highest BCUT2D eigenvalue weighted by Crippen LogP contribution is 2.36. The van der Waals surface area contributed by atoms with Crippen molar-refractivity contribution >= 4 is 28.8 Å². The summed E-state index contributed by atoms with van der Waals surface area (Å²) >= 11 is 1.67. The topological polar surface area (TPSA) is 67.9 Å². The zero-order valence-electron chi connectivity index (χ0n) is 14.5. The molecule has 0 saturated carbocycles. The van der Waals surface area contributed by atoms with E-state index in [9.17, 15) is 9.59 Å². The quantitative estimate of drug-likeness (QED) is 0.895. The Morgan fingerprint density at radius 3 is 2.81 bits per heavy atom. The molecule has 2 amide bonds. The van der Waals surface area contributed by atoms with E-state index in [2.05, 4.69) is 5.32 Å². The molecule has 7 heteroatoms. The Kier molecular flexibility index (Phi) is 4.55. The third-order valence-electron chi connectivity index (χ3n) is 4.57. The van der Waals surface area contributed by atoms with Crippen LogP contribution in [-0.2, 0) is 16.1 Å². The SMILES string of the molecule is Cc1ccc(CNC(=O)C2CC(=O)N(c3ccc4c(c3)OCCO4)C2)s1. The standard InChI is InChI=1S/C19H20N2O4S/c1-12-2-4-15(26-12)10-20-19(23)13-8-18(22)21(11-13)14-3-5-16-17(9-14)25-7-6-24-16/h2-5,9,13H,6-8,10-11H2,1H3,(H,20,23). The van der Waals surface area contributed by atoms with Crippen LogP contribution in [0.2, 0.25) is 0 Å². The second kappa shape index (κ2) is 6.99. The van der Waals surface area contributed by atoms with Crippen LogP contribution in [0.25, 0.3) is 0 Å². The zero-order chi connectivity index (χ0) is 18.1. The van der Waals surface area contributed by atoms with Crippen LogP contribution in [-0.4, -0.2) is 31.6 Å². The van der Waals surface area contributed by atoms with Gasteiger partial charge >= 0.3 is 0 Å². The predicted octanol–water partition coefficient (Wildman–Crippen LogP) is 2.50. The van der Waals surface area contributed by atoms with Gasteiger partial charge in [0.15, 0.2) is 11.5 Å². The maximum Gasteiger partial charge on any atom is 0.227 e. The first-order valence-electron chi connectivity index (χ1n) is 8.63. The Hall–Kier alpha value is -2.54. The summed E-state index contributed by atoms with van der Waals surface area (Å²) in [5, 5.41) is 2.94. The molecule has 0 bridgehead atoms. The van der Waals surface area contributed by atoms with Crippen molar-refractivity contribution in [3.05, 3.63) is 40.1 Å². The van der Waals surface area contributed by atoms with Gasteiger partial charge in [0.25, 0.3) is 0 Å². The molecule has 26 heavy (non-hydrogen) atoms. The smallest absolute Gasteiger partial charge is 0.227 e. The highest BCUT2D eigenvalue weighted by Gasteiger charge is 2.35. The van der Waals surface area contributed by atoms with Crippen LogP contribution < -0.4 is 19.7 Å². The fourth-order valence-electron chi connectivity index (χ4n) is 3.23. The maximum atomic E-state index is 12.5. The van der Waals surface area contributed by atoms with Crippen molar-refractivity contribution in [2.45, 2.75) is 19.9 Å². The number of hydrogen-bond donors (Lipinski definition) is 1. The van der Waals surface area contributed by atoms with Gasteiger partial charge in [0.05, 0.1) is 12.5 Å². The highest BCUT2D eigenvalue weighted by molar-refractivity contribution is 7.11. The molecule has 2 aliphatic rings. The van der Waals surface area contributed by atoms with E-state index < -0.39 is 0 Å². The van der Waals surface area contributed by atoms with Crippen LogP contribution in [0.4, 0.5) is 5.69 Å². The lowest BCUT2D eigenvalue weighted by molar-refractivity contribution is -0.126. The second-order valence-electron chi connectivity index (χ2n) is 6.46. The van der Waals surface area contributed by atoms with Crippen molar-refractivity contribution < 1.29 is 19.1 Å². The van der Waals surface area contributed by atoms with Gasteiger partial charge < -0.3 is 19.7 Å². The van der Waals surface area contributed by atoms with Gasteiger partial charge in [0.2, 0.25) is 11.8 Å². The third-order valence-corrected chi connectivity index (χ3v) is 5.57. The molecule has 0 spiro atoms. The normalized spacial score (nSPS) is 18.9. The molecule has 2 aromatic rings. The molecule has 4 rings (SSSR count). The molecule has 0 aliphatic carbocycles. The summed E-state index contributed by atoms with van der Waals surface area (Å²) in [5.41, 5.74) is 0.739. The van der Waals surface area contributed by atoms with E-state index in [4.69, 9.17) is 9.47 Å². The molecule has 2 aliphatic heterocycles. The molecule has 3 heterocycles. The van der Waals surface area contributed by atoms with E-state index in [1.54, 1.807) is 22.3 Å². The molecule has 6 nitrogen and oxygen atoms in total. The summed E-state index contributed by atoms with van der Waals surface area (Å²) in [6.45, 7) is 3.95. The number of nitrogens with zero attached hydrogens (tertiary/aromatic N) is 1. The highest BCUT2D eigenvalue weighted by atomic mass is 32.1. The van der Waals surface area contributed by atoms with E-state index in [-0.39, 0.29) is 24.2 Å². The summed E-state index contributed by atoms with van der Waals surface area (Å²) in [4.78, 5) is 28.8. The van der Waals surface area contributed by atoms with Crippen molar-refractivity contribution in [1.82, 2.24) is 5.32 Å². The molecule has 1 aromatic heterocycles. The molecule has 1 saturated heterocycles. The Bertz CT molecular complexity index is 848. The van der Waals surface area contributed by atoms with Crippen LogP contribution >= 0.6 is 11.3 Å². The summed E-state index contributed by atoms with van der Waals surface area (Å²) in [6, 6.07) is 9.50. The van der Waals surface area contributed by atoms with Crippen LogP contribution in [0.3, 0.4) is 0 Å². The van der Waals surface area contributed by atoms with Crippen molar-refractivity contribution in [3.63, 3.8) is 0 Å². The molecule has 1 N–H and O–H groups in total. The van der Waals surface area contributed by atoms with Crippen LogP contribution in [0.1, 0.15) is 16.2 Å². The van der Waals surface area contributed by atoms with Gasteiger partial charge in [-0.3, -0.25) is 9.59 Å². The lowest BCUT2D eigenvalue weighted by Gasteiger charge is -2.22. The molecule has 1 aromatic carbocycles. The van der Waals surface area contributed by atoms with Gasteiger partial charge in [-0.1, -0.05) is 0 Å². The van der Waals surface area contributed by atoms with Crippen molar-refractivity contribution in [3.8, 4) is 11.5 Å². The number of rotatable bonds is 4. The van der Waals surface area contributed by atoms with Gasteiger partial charge in [0.1, 0.15) is 13.2 Å². The Morgan fingerprint density at radius 2 is 2.04 bits per heavy atom. The van der Waals surface area contributed by atoms with Gasteiger partial charge in [-0.2, -0.15) is 0 Å². The average Bonchev–Trinajstić information content (AvgIpc) is 3.25. The summed E-state index contributed by atoms with van der Waals surface area (Å²) in [7, 11) is 0. The van der Waals surface area contributed by atoms with Gasteiger partial charge in [-0.25, -0.2) is 0 Å². The number of thiophene rings is 1. The summed E-state index contributed by atoms with van der Waals surface area (Å²) in [5.74, 6) is 0.865. The predicted molar refractivity (Wildman–Crippen MR) is 98.8 cm³/mol. The Morgan fingerprint density at radius 1 is 1.23 bits per heavy atom. The molecule has 1 unspecified atom stereocenters. The van der Waals surface area contributed by atoms with E-state index >= 15 is 0 Å². The minimum Gasteiger partial charge on any atom is -0.486 e. The van der Waals surface area contributed by atoms with Gasteiger partial charge in [0, 0.05) is 34.5 Å². The molecule has 136 valence electrons. The van der Waals surface area contributed by atoms with Crippen molar-refractivity contribution in [2.24, 2.45) is 5.92 Å². The van der Waals surface area contributed by atoms with Crippen molar-refractivity contribution in [2.75, 3.05) is 24.7 Å². The number of aryl methyl sites for hydroxylation is 1. The van der Waals surface area contributed by atoms with Gasteiger partial charge in [-0.05, 0) is 31.2 Å². The van der Waals surface area contributed by atoms with Crippen LogP contribution in [0.15, 0.2) is 30.3 Å². The molecule has 1 atom stereocenters. The van der Waals surface area contributed by atoms with E-state index in [1.807, 2.05) is 31.2 Å². The molecular weight excluding hydrogens is 352 g/mol. The van der Waals surface area contributed by atoms with E-state index in [1.165, 1.54) is 4.88 Å². The number of nitrogens with one attached hydrogen (secondary N) is 1. The monoisotopic (exact) mass is 372 g/mol. The summed E-state index contributed by atoms with van der Waals surface area (Å²) in [6.07, 6.45) is 0.226. The Labute approximate surface area is 155 Å². The average molecular weight is 372 g/mol. The lowest BCUT2D eigenvalue weighted by Crippen LogP contribution is -2.32. The lowest BCUT2D eigenvalue weighted by atomic mass is 10.1.